The number of ether oxygens (including phenoxy) is 4. The van der Waals surface area contributed by atoms with Crippen molar-refractivity contribution >= 4 is 124 Å². The first-order chi connectivity index (χ1) is 42.1. The molecule has 16 heteroatoms. The van der Waals surface area contributed by atoms with Crippen LogP contribution in [0.2, 0.25) is 20.1 Å². The molecule has 12 nitrogen and oxygen atoms in total. The number of anilines is 2. The summed E-state index contributed by atoms with van der Waals surface area (Å²) < 4.78 is 28.2. The second-order valence-electron chi connectivity index (χ2n) is 22.8. The molecule has 0 saturated heterocycles. The monoisotopic (exact) mass is 1250 g/mol. The summed E-state index contributed by atoms with van der Waals surface area (Å²) >= 11 is 26.9. The molecule has 444 valence electrons. The van der Waals surface area contributed by atoms with Crippen LogP contribution >= 0.6 is 46.4 Å². The van der Waals surface area contributed by atoms with Gasteiger partial charge in [-0.1, -0.05) is 162 Å². The average Bonchev–Trinajstić information content (AvgIpc) is 0.683. The van der Waals surface area contributed by atoms with Gasteiger partial charge in [0.15, 0.2) is 0 Å². The third-order valence-corrected chi connectivity index (χ3v) is 16.4. The molecule has 11 rings (SSSR count). The Hall–Kier alpha value is -9.04. The summed E-state index contributed by atoms with van der Waals surface area (Å²) in [5, 5.41) is 9.25. The lowest BCUT2D eigenvalue weighted by atomic mass is 9.82. The van der Waals surface area contributed by atoms with E-state index in [0.717, 1.165) is 22.3 Å². The quantitative estimate of drug-likeness (QED) is 0.0484. The molecule has 0 saturated carbocycles. The average molecular weight is 1250 g/mol. The molecule has 0 unspecified atom stereocenters. The molecule has 0 heterocycles. The van der Waals surface area contributed by atoms with E-state index in [9.17, 15) is 9.59 Å². The molecule has 0 aliphatic rings. The van der Waals surface area contributed by atoms with Gasteiger partial charge in [-0.3, -0.25) is 19.2 Å². The molecule has 0 atom stereocenters. The Kier molecular flexibility index (Phi) is 17.0. The maximum atomic E-state index is 16.4. The number of nitrogens with one attached hydrogen (secondary N) is 2. The van der Waals surface area contributed by atoms with E-state index in [1.165, 1.54) is 12.1 Å². The molecule has 0 aliphatic carbocycles. The van der Waals surface area contributed by atoms with Gasteiger partial charge < -0.3 is 41.0 Å². The Morgan fingerprint density at radius 3 is 0.807 bits per heavy atom. The number of fused-ring (bicyclic) bond motifs is 2. The van der Waals surface area contributed by atoms with Gasteiger partial charge in [0.1, 0.15) is 46.0 Å². The van der Waals surface area contributed by atoms with Gasteiger partial charge >= 0.3 is 0 Å². The highest BCUT2D eigenvalue weighted by molar-refractivity contribution is 6.43. The van der Waals surface area contributed by atoms with Crippen LogP contribution in [0.15, 0.2) is 158 Å². The van der Waals surface area contributed by atoms with E-state index in [2.05, 4.69) is 66.0 Å². The molecule has 0 aliphatic heterocycles. The second-order valence-corrected chi connectivity index (χ2v) is 24.6. The van der Waals surface area contributed by atoms with Crippen LogP contribution in [0.1, 0.15) is 143 Å². The summed E-state index contributed by atoms with van der Waals surface area (Å²) in [4.78, 5) is 61.4. The maximum absolute atomic E-state index is 16.4. The fraction of sp³-hybridized carbons (Fsp3) is 0.167. The highest BCUT2D eigenvalue weighted by Crippen LogP contribution is 2.57. The van der Waals surface area contributed by atoms with E-state index in [4.69, 9.17) is 76.8 Å². The number of rotatable bonds is 18. The number of hydrogen-bond acceptors (Lipinski definition) is 8. The fourth-order valence-electron chi connectivity index (χ4n) is 11.6. The van der Waals surface area contributed by atoms with Gasteiger partial charge in [0.2, 0.25) is 11.8 Å². The van der Waals surface area contributed by atoms with Crippen LogP contribution < -0.4 is 41.0 Å². The van der Waals surface area contributed by atoms with Crippen LogP contribution in [0.5, 0.6) is 46.0 Å². The van der Waals surface area contributed by atoms with Crippen molar-refractivity contribution in [2.24, 2.45) is 11.5 Å². The first-order valence-corrected chi connectivity index (χ1v) is 30.2. The Balaban J connectivity index is 1.44. The summed E-state index contributed by atoms with van der Waals surface area (Å²) in [6, 6.07) is 44.5. The van der Waals surface area contributed by atoms with Gasteiger partial charge in [-0.2, -0.15) is 0 Å². The minimum absolute atomic E-state index is 0.00440. The highest BCUT2D eigenvalue weighted by Gasteiger charge is 2.35. The number of nitrogens with two attached hydrogens (primary N) is 2. The Morgan fingerprint density at radius 1 is 0.330 bits per heavy atom. The SMILES string of the molecule is CC(C)c1cccc(C(C)C)c1NC(=O)c1cc(Oc2cccc(Cl)c2)c2c3c(Oc4cccc(Cl)c4)cc(C(N)=O)c4c(C(N)=O)cc(Oc5cccc(Cl)c5)c(c5c(Oc6cccc(Cl)c6)cc(C(=O)Nc6c(C(C)C)cccc6C(C)C)c1c25)c43. The van der Waals surface area contributed by atoms with E-state index in [0.29, 0.717) is 31.5 Å². The fourth-order valence-corrected chi connectivity index (χ4v) is 12.3. The number of carbonyl (C=O) groups excluding carboxylic acids is 4. The minimum Gasteiger partial charge on any atom is -0.457 e. The molecular weight excluding hydrogens is 1190 g/mol. The molecule has 88 heavy (non-hydrogen) atoms. The molecule has 0 fully saturated rings. The Labute approximate surface area is 528 Å². The van der Waals surface area contributed by atoms with Gasteiger partial charge in [-0.15, -0.1) is 0 Å². The second kappa shape index (κ2) is 24.6. The number of hydrogen-bond donors (Lipinski definition) is 4. The standard InChI is InChI=1S/C72H60Cl4N4O8/c1-35(2)47-23-13-24-48(36(3)4)67(47)79-71(83)53-33-57(87-45-21-11-17-41(75)29-45)63-61-55(85-43-19-9-15-39(73)27-43)31-51(69(77)81)59-52(70(78)82)32-56(86-44-20-10-16-40(74)28-44)62(65(59)61)64-58(88-46-22-12-18-42(76)30-46)34-54(60(53)66(63)64)72(84)80-68-49(37(5)6)25-14-26-50(68)38(7)8/h9-38H,1-8H3,(H2,77,81)(H2,78,82)(H,79,83)(H,80,84). The van der Waals surface area contributed by atoms with Gasteiger partial charge in [0.05, 0.1) is 22.3 Å². The normalized spacial score (nSPS) is 11.6. The van der Waals surface area contributed by atoms with E-state index >= 15 is 9.59 Å². The number of benzene rings is 11. The van der Waals surface area contributed by atoms with Crippen molar-refractivity contribution in [1.82, 2.24) is 0 Å². The molecule has 11 aromatic carbocycles. The van der Waals surface area contributed by atoms with Crippen LogP contribution in [-0.2, 0) is 0 Å². The summed E-state index contributed by atoms with van der Waals surface area (Å²) in [5.74, 6) is -2.33. The zero-order valence-corrected chi connectivity index (χ0v) is 52.3. The molecule has 0 bridgehead atoms. The lowest BCUT2D eigenvalue weighted by Crippen LogP contribution is -2.20. The molecule has 4 amide bonds. The number of carbonyl (C=O) groups is 4. The van der Waals surface area contributed by atoms with Gasteiger partial charge in [-0.05, 0) is 143 Å². The first-order valence-electron chi connectivity index (χ1n) is 28.6. The van der Waals surface area contributed by atoms with Crippen LogP contribution in [0.25, 0.3) is 43.1 Å². The largest absolute Gasteiger partial charge is 0.457 e. The smallest absolute Gasteiger partial charge is 0.256 e. The topological polar surface area (TPSA) is 181 Å². The van der Waals surface area contributed by atoms with E-state index < -0.39 is 23.6 Å². The molecular formula is C72H60Cl4N4O8. The van der Waals surface area contributed by atoms with Crippen molar-refractivity contribution in [2.75, 3.05) is 10.6 Å². The van der Waals surface area contributed by atoms with Gasteiger partial charge in [0, 0.05) is 74.6 Å². The van der Waals surface area contributed by atoms with Crippen LogP contribution in [0, 0.1) is 0 Å². The molecule has 11 aromatic rings. The summed E-state index contributed by atoms with van der Waals surface area (Å²) in [7, 11) is 0. The van der Waals surface area contributed by atoms with Gasteiger partial charge in [-0.25, -0.2) is 0 Å². The highest BCUT2D eigenvalue weighted by atomic mass is 35.5. The van der Waals surface area contributed by atoms with Crippen molar-refractivity contribution < 1.29 is 38.1 Å². The number of para-hydroxylation sites is 2. The molecule has 0 aromatic heterocycles. The van der Waals surface area contributed by atoms with E-state index in [1.54, 1.807) is 109 Å². The molecule has 0 radical (unpaired) electrons. The summed E-state index contributed by atoms with van der Waals surface area (Å²) in [6.07, 6.45) is 0. The summed E-state index contributed by atoms with van der Waals surface area (Å²) in [6.45, 7) is 16.4. The zero-order valence-electron chi connectivity index (χ0n) is 49.3. The van der Waals surface area contributed by atoms with Crippen molar-refractivity contribution in [1.29, 1.82) is 0 Å². The molecule has 6 N–H and O–H groups in total. The van der Waals surface area contributed by atoms with Crippen molar-refractivity contribution in [3.63, 3.8) is 0 Å². The zero-order chi connectivity index (χ0) is 62.6. The minimum atomic E-state index is -0.954. The summed E-state index contributed by atoms with van der Waals surface area (Å²) in [5.41, 5.74) is 17.2. The predicted octanol–water partition coefficient (Wildman–Crippen LogP) is 20.7. The molecule has 0 spiro atoms. The van der Waals surface area contributed by atoms with Crippen molar-refractivity contribution in [2.45, 2.75) is 79.1 Å². The Bertz CT molecular complexity index is 4320. The van der Waals surface area contributed by atoms with E-state index in [-0.39, 0.29) is 135 Å². The third kappa shape index (κ3) is 11.7. The lowest BCUT2D eigenvalue weighted by Gasteiger charge is -2.27. The van der Waals surface area contributed by atoms with Gasteiger partial charge in [0.25, 0.3) is 11.8 Å². The third-order valence-electron chi connectivity index (χ3n) is 15.5. The number of halogens is 4. The number of primary amides is 2. The maximum Gasteiger partial charge on any atom is 0.256 e. The van der Waals surface area contributed by atoms with Crippen LogP contribution in [0.4, 0.5) is 11.4 Å². The van der Waals surface area contributed by atoms with Crippen LogP contribution in [0.3, 0.4) is 0 Å². The Morgan fingerprint density at radius 2 is 0.568 bits per heavy atom. The number of amides is 4. The van der Waals surface area contributed by atoms with Crippen molar-refractivity contribution in [3.05, 3.63) is 222 Å². The van der Waals surface area contributed by atoms with Crippen molar-refractivity contribution in [3.8, 4) is 46.0 Å². The first kappa shape index (κ1) is 60.6. The van der Waals surface area contributed by atoms with E-state index in [1.807, 2.05) is 36.4 Å². The van der Waals surface area contributed by atoms with Crippen LogP contribution in [-0.4, -0.2) is 23.6 Å². The predicted molar refractivity (Wildman–Crippen MR) is 356 cm³/mol. The lowest BCUT2D eigenvalue weighted by molar-refractivity contribution is 0.0996.